The molecule has 0 aliphatic rings. The molecule has 6 nitrogen and oxygen atoms in total. The summed E-state index contributed by atoms with van der Waals surface area (Å²) >= 11 is 0. The number of halogens is 3. The predicted octanol–water partition coefficient (Wildman–Crippen LogP) is 6.45. The predicted molar refractivity (Wildman–Crippen MR) is 140 cm³/mol. The molecular weight excluding hydrogens is 509 g/mol. The van der Waals surface area contributed by atoms with Gasteiger partial charge in [-0.2, -0.15) is 13.2 Å². The lowest BCUT2D eigenvalue weighted by atomic mass is 10.1. The number of alkyl halides is 3. The van der Waals surface area contributed by atoms with Crippen LogP contribution in [0.5, 0.6) is 11.5 Å². The largest absolute Gasteiger partial charge is 0.497 e. The molecule has 1 heterocycles. The lowest BCUT2D eigenvalue weighted by molar-refractivity contribution is -0.137. The third-order valence-corrected chi connectivity index (χ3v) is 6.10. The van der Waals surface area contributed by atoms with E-state index in [4.69, 9.17) is 13.9 Å². The third kappa shape index (κ3) is 7.64. The summed E-state index contributed by atoms with van der Waals surface area (Å²) in [5, 5.41) is 2.62. The van der Waals surface area contributed by atoms with E-state index in [0.717, 1.165) is 29.0 Å². The van der Waals surface area contributed by atoms with Crippen molar-refractivity contribution < 1.29 is 31.9 Å². The number of nitrogens with one attached hydrogen (secondary N) is 1. The van der Waals surface area contributed by atoms with Crippen LogP contribution in [0.1, 0.15) is 38.6 Å². The van der Waals surface area contributed by atoms with E-state index < -0.39 is 17.6 Å². The molecule has 1 N–H and O–H groups in total. The Morgan fingerprint density at radius 3 is 2.33 bits per heavy atom. The number of hydrogen-bond acceptors (Lipinski definition) is 5. The van der Waals surface area contributed by atoms with Gasteiger partial charge in [0.1, 0.15) is 17.3 Å². The molecule has 9 heteroatoms. The summed E-state index contributed by atoms with van der Waals surface area (Å²) in [6.45, 7) is 1.47. The Bertz CT molecular complexity index is 1390. The van der Waals surface area contributed by atoms with Crippen molar-refractivity contribution in [1.29, 1.82) is 0 Å². The second-order valence-electron chi connectivity index (χ2n) is 8.96. The number of amides is 1. The summed E-state index contributed by atoms with van der Waals surface area (Å²) in [6.07, 6.45) is -4.45. The number of benzene rings is 3. The minimum atomic E-state index is -4.45. The van der Waals surface area contributed by atoms with Crippen LogP contribution in [0.3, 0.4) is 0 Å². The van der Waals surface area contributed by atoms with Gasteiger partial charge in [-0.15, -0.1) is 0 Å². The maximum atomic E-state index is 13.0. The zero-order chi connectivity index (χ0) is 27.8. The van der Waals surface area contributed by atoms with E-state index in [0.29, 0.717) is 36.7 Å². The summed E-state index contributed by atoms with van der Waals surface area (Å²) in [6, 6.07) is 23.7. The van der Waals surface area contributed by atoms with Gasteiger partial charge in [-0.25, -0.2) is 0 Å². The van der Waals surface area contributed by atoms with Gasteiger partial charge in [-0.05, 0) is 53.6 Å². The molecule has 4 aromatic rings. The van der Waals surface area contributed by atoms with Crippen LogP contribution in [0.2, 0.25) is 0 Å². The normalized spacial score (nSPS) is 11.4. The second kappa shape index (κ2) is 12.5. The number of methoxy groups -OCH3 is 2. The highest BCUT2D eigenvalue weighted by Gasteiger charge is 2.30. The highest BCUT2D eigenvalue weighted by molar-refractivity contribution is 5.91. The third-order valence-electron chi connectivity index (χ3n) is 6.10. The van der Waals surface area contributed by atoms with Crippen molar-refractivity contribution in [3.05, 3.63) is 119 Å². The number of hydrogen-bond donors (Lipinski definition) is 1. The Morgan fingerprint density at radius 1 is 0.846 bits per heavy atom. The minimum Gasteiger partial charge on any atom is -0.497 e. The maximum Gasteiger partial charge on any atom is 0.416 e. The van der Waals surface area contributed by atoms with E-state index in [2.05, 4.69) is 10.2 Å². The molecule has 0 fully saturated rings. The SMILES string of the molecule is COc1ccc(OC)c(CN(Cc2ccccc2)Cc2ccc(C(=O)NCc3cccc(C(F)(F)F)c3)o2)c1. The Kier molecular flexibility index (Phi) is 8.93. The van der Waals surface area contributed by atoms with Crippen molar-refractivity contribution in [3.8, 4) is 11.5 Å². The van der Waals surface area contributed by atoms with Crippen molar-refractivity contribution in [2.24, 2.45) is 0 Å². The fourth-order valence-corrected chi connectivity index (χ4v) is 4.19. The molecule has 39 heavy (non-hydrogen) atoms. The molecular formula is C30H29F3N2O4. The lowest BCUT2D eigenvalue weighted by Crippen LogP contribution is -2.23. The highest BCUT2D eigenvalue weighted by Crippen LogP contribution is 2.30. The number of ether oxygens (including phenoxy) is 2. The molecule has 4 rings (SSSR count). The second-order valence-corrected chi connectivity index (χ2v) is 8.96. The van der Waals surface area contributed by atoms with Crippen molar-refractivity contribution in [2.75, 3.05) is 14.2 Å². The Hall–Kier alpha value is -4.24. The average molecular weight is 539 g/mol. The number of rotatable bonds is 11. The number of nitrogens with zero attached hydrogens (tertiary/aromatic N) is 1. The van der Waals surface area contributed by atoms with Crippen LogP contribution in [0.25, 0.3) is 0 Å². The molecule has 204 valence electrons. The molecule has 1 aromatic heterocycles. The van der Waals surface area contributed by atoms with Crippen LogP contribution in [0, 0.1) is 0 Å². The highest BCUT2D eigenvalue weighted by atomic mass is 19.4. The van der Waals surface area contributed by atoms with E-state index in [9.17, 15) is 18.0 Å². The van der Waals surface area contributed by atoms with Crippen molar-refractivity contribution in [2.45, 2.75) is 32.4 Å². The zero-order valence-electron chi connectivity index (χ0n) is 21.6. The Balaban J connectivity index is 1.46. The first kappa shape index (κ1) is 27.8. The molecule has 0 spiro atoms. The van der Waals surface area contributed by atoms with Crippen LogP contribution >= 0.6 is 0 Å². The van der Waals surface area contributed by atoms with Gasteiger partial charge in [-0.1, -0.05) is 42.5 Å². The van der Waals surface area contributed by atoms with E-state index in [1.807, 2.05) is 48.5 Å². The summed E-state index contributed by atoms with van der Waals surface area (Å²) < 4.78 is 55.7. The summed E-state index contributed by atoms with van der Waals surface area (Å²) in [5.41, 5.74) is 1.61. The van der Waals surface area contributed by atoms with Crippen molar-refractivity contribution in [1.82, 2.24) is 10.2 Å². The molecule has 0 aliphatic carbocycles. The van der Waals surface area contributed by atoms with Crippen LogP contribution < -0.4 is 14.8 Å². The molecule has 0 unspecified atom stereocenters. The van der Waals surface area contributed by atoms with Crippen LogP contribution in [0.4, 0.5) is 13.2 Å². The van der Waals surface area contributed by atoms with Crippen molar-refractivity contribution >= 4 is 5.91 Å². The molecule has 0 radical (unpaired) electrons. The molecule has 1 amide bonds. The van der Waals surface area contributed by atoms with Gasteiger partial charge in [0.15, 0.2) is 5.76 Å². The summed E-state index contributed by atoms with van der Waals surface area (Å²) in [5.74, 6) is 1.57. The quantitative estimate of drug-likeness (QED) is 0.238. The lowest BCUT2D eigenvalue weighted by Gasteiger charge is -2.23. The summed E-state index contributed by atoms with van der Waals surface area (Å²) in [4.78, 5) is 14.8. The van der Waals surface area contributed by atoms with Gasteiger partial charge in [0.25, 0.3) is 5.91 Å². The number of carbonyl (C=O) groups is 1. The summed E-state index contributed by atoms with van der Waals surface area (Å²) in [7, 11) is 3.22. The smallest absolute Gasteiger partial charge is 0.416 e. The van der Waals surface area contributed by atoms with E-state index in [1.54, 1.807) is 26.4 Å². The van der Waals surface area contributed by atoms with E-state index in [1.165, 1.54) is 12.1 Å². The monoisotopic (exact) mass is 538 g/mol. The zero-order valence-corrected chi connectivity index (χ0v) is 21.6. The van der Waals surface area contributed by atoms with Gasteiger partial charge in [0.05, 0.1) is 26.3 Å². The topological polar surface area (TPSA) is 63.9 Å². The van der Waals surface area contributed by atoms with Gasteiger partial charge in [0.2, 0.25) is 0 Å². The molecule has 0 aliphatic heterocycles. The van der Waals surface area contributed by atoms with E-state index >= 15 is 0 Å². The Labute approximate surface area is 225 Å². The molecule has 0 atom stereocenters. The molecule has 0 bridgehead atoms. The fourth-order valence-electron chi connectivity index (χ4n) is 4.19. The van der Waals surface area contributed by atoms with Crippen molar-refractivity contribution in [3.63, 3.8) is 0 Å². The standard InChI is InChI=1S/C30H29F3N2O4/c1-37-25-11-13-27(38-2)23(16-25)19-35(18-21-7-4-3-5-8-21)20-26-12-14-28(39-26)29(36)34-17-22-9-6-10-24(15-22)30(31,32)33/h3-16H,17-20H2,1-2H3,(H,34,36). The first-order valence-corrected chi connectivity index (χ1v) is 12.3. The van der Waals surface area contributed by atoms with Gasteiger partial charge >= 0.3 is 6.18 Å². The van der Waals surface area contributed by atoms with Crippen LogP contribution in [0.15, 0.2) is 89.3 Å². The fraction of sp³-hybridized carbons (Fsp3) is 0.233. The van der Waals surface area contributed by atoms with Crippen LogP contribution in [-0.4, -0.2) is 25.0 Å². The van der Waals surface area contributed by atoms with Crippen LogP contribution in [-0.2, 0) is 32.4 Å². The van der Waals surface area contributed by atoms with Gasteiger partial charge < -0.3 is 19.2 Å². The maximum absolute atomic E-state index is 13.0. The average Bonchev–Trinajstić information content (AvgIpc) is 3.40. The molecule has 3 aromatic carbocycles. The minimum absolute atomic E-state index is 0.0610. The number of furan rings is 1. The Morgan fingerprint density at radius 2 is 1.62 bits per heavy atom. The van der Waals surface area contributed by atoms with Gasteiger partial charge in [-0.3, -0.25) is 9.69 Å². The van der Waals surface area contributed by atoms with E-state index in [-0.39, 0.29) is 12.3 Å². The molecule has 0 saturated carbocycles. The first-order chi connectivity index (χ1) is 18.7. The van der Waals surface area contributed by atoms with Gasteiger partial charge in [0, 0.05) is 25.2 Å². The molecule has 0 saturated heterocycles. The first-order valence-electron chi connectivity index (χ1n) is 12.3. The number of carbonyl (C=O) groups excluding carboxylic acids is 1.